The van der Waals surface area contributed by atoms with E-state index in [0.717, 1.165) is 0 Å². The monoisotopic (exact) mass is 213 g/mol. The highest BCUT2D eigenvalue weighted by Crippen LogP contribution is 1.95. The maximum Gasteiger partial charge on any atom is 0.260 e. The molecule has 0 aliphatic carbocycles. The minimum absolute atomic E-state index is 0.0175. The van der Waals surface area contributed by atoms with Crippen LogP contribution in [0, 0.1) is 0 Å². The number of Topliss-reactive ketones (excluding diaryl/α,β-unsaturated/α-hetero) is 1. The highest BCUT2D eigenvalue weighted by atomic mass is 32.1. The molecule has 0 aliphatic heterocycles. The zero-order valence-corrected chi connectivity index (χ0v) is 9.18. The Balaban J connectivity index is 4.06. The van der Waals surface area contributed by atoms with E-state index in [1.54, 1.807) is 17.1 Å². The molecule has 0 fully saturated rings. The van der Waals surface area contributed by atoms with Gasteiger partial charge < -0.3 is 9.64 Å². The van der Waals surface area contributed by atoms with Crippen molar-refractivity contribution >= 4 is 23.2 Å². The van der Waals surface area contributed by atoms with E-state index < -0.39 is 0 Å². The number of hydrogen-bond donors (Lipinski definition) is 0. The molecule has 14 heavy (non-hydrogen) atoms. The molecular formula is C10H15NO2S. The molecule has 0 aromatic rings. The molecule has 0 saturated carbocycles. The number of thiocarbonyl (C=S) groups is 1. The lowest BCUT2D eigenvalue weighted by molar-refractivity contribution is -0.119. The van der Waals surface area contributed by atoms with Gasteiger partial charge in [-0.25, -0.2) is 0 Å². The lowest BCUT2D eigenvalue weighted by atomic mass is 10.5. The second kappa shape index (κ2) is 7.26. The van der Waals surface area contributed by atoms with Crippen molar-refractivity contribution in [1.82, 2.24) is 4.90 Å². The number of hydrogen-bond acceptors (Lipinski definition) is 3. The highest BCUT2D eigenvalue weighted by Gasteiger charge is 2.07. The molecule has 0 N–H and O–H groups in total. The van der Waals surface area contributed by atoms with Crippen molar-refractivity contribution in [3.05, 3.63) is 25.3 Å². The smallest absolute Gasteiger partial charge is 0.260 e. The molecule has 0 spiro atoms. The zero-order valence-electron chi connectivity index (χ0n) is 8.36. The fraction of sp³-hybridized carbons (Fsp3) is 0.400. The van der Waals surface area contributed by atoms with Gasteiger partial charge in [-0.3, -0.25) is 4.79 Å². The maximum atomic E-state index is 10.6. The third-order valence-electron chi connectivity index (χ3n) is 1.36. The molecule has 0 radical (unpaired) electrons. The van der Waals surface area contributed by atoms with E-state index in [2.05, 4.69) is 13.2 Å². The van der Waals surface area contributed by atoms with Gasteiger partial charge in [0, 0.05) is 13.1 Å². The molecular weight excluding hydrogens is 198 g/mol. The van der Waals surface area contributed by atoms with Crippen molar-refractivity contribution in [2.45, 2.75) is 6.92 Å². The SMILES string of the molecule is C=CCN(CC=C)C(=S)OCC(C)=O. The molecule has 78 valence electrons. The molecule has 0 heterocycles. The van der Waals surface area contributed by atoms with Crippen LogP contribution in [0.1, 0.15) is 6.92 Å². The highest BCUT2D eigenvalue weighted by molar-refractivity contribution is 7.80. The van der Waals surface area contributed by atoms with E-state index in [-0.39, 0.29) is 12.4 Å². The van der Waals surface area contributed by atoms with Gasteiger partial charge in [-0.1, -0.05) is 12.2 Å². The summed E-state index contributed by atoms with van der Waals surface area (Å²) in [4.78, 5) is 12.4. The molecule has 0 aliphatic rings. The molecule has 0 bridgehead atoms. The van der Waals surface area contributed by atoms with Gasteiger partial charge in [0.05, 0.1) is 0 Å². The van der Waals surface area contributed by atoms with Crippen molar-refractivity contribution in [1.29, 1.82) is 0 Å². The van der Waals surface area contributed by atoms with Crippen LogP contribution in [0.15, 0.2) is 25.3 Å². The molecule has 0 aromatic heterocycles. The van der Waals surface area contributed by atoms with Crippen LogP contribution in [0.25, 0.3) is 0 Å². The third kappa shape index (κ3) is 5.48. The second-order valence-corrected chi connectivity index (χ2v) is 3.09. The number of nitrogens with zero attached hydrogens (tertiary/aromatic N) is 1. The predicted molar refractivity (Wildman–Crippen MR) is 61.2 cm³/mol. The van der Waals surface area contributed by atoms with Gasteiger partial charge in [0.25, 0.3) is 5.17 Å². The van der Waals surface area contributed by atoms with E-state index >= 15 is 0 Å². The molecule has 0 unspecified atom stereocenters. The van der Waals surface area contributed by atoms with Crippen LogP contribution in [-0.4, -0.2) is 35.6 Å². The van der Waals surface area contributed by atoms with Crippen LogP contribution in [0.5, 0.6) is 0 Å². The van der Waals surface area contributed by atoms with Gasteiger partial charge in [-0.2, -0.15) is 0 Å². The number of rotatable bonds is 6. The minimum Gasteiger partial charge on any atom is -0.463 e. The summed E-state index contributed by atoms with van der Waals surface area (Å²) in [5.74, 6) is -0.0514. The summed E-state index contributed by atoms with van der Waals surface area (Å²) in [7, 11) is 0. The Morgan fingerprint density at radius 3 is 2.29 bits per heavy atom. The van der Waals surface area contributed by atoms with Crippen molar-refractivity contribution in [2.24, 2.45) is 0 Å². The Morgan fingerprint density at radius 1 is 1.43 bits per heavy atom. The molecule has 0 amide bonds. The first kappa shape index (κ1) is 12.8. The second-order valence-electron chi connectivity index (χ2n) is 2.74. The Hall–Kier alpha value is -1.16. The first-order chi connectivity index (χ1) is 6.61. The summed E-state index contributed by atoms with van der Waals surface area (Å²) in [5.41, 5.74) is 0. The summed E-state index contributed by atoms with van der Waals surface area (Å²) < 4.78 is 5.08. The van der Waals surface area contributed by atoms with Crippen molar-refractivity contribution in [3.8, 4) is 0 Å². The van der Waals surface area contributed by atoms with Crippen LogP contribution < -0.4 is 0 Å². The molecule has 0 aromatic carbocycles. The summed E-state index contributed by atoms with van der Waals surface area (Å²) in [6.07, 6.45) is 3.43. The number of carbonyl (C=O) groups excluding carboxylic acids is 1. The largest absolute Gasteiger partial charge is 0.463 e. The first-order valence-corrected chi connectivity index (χ1v) is 4.65. The minimum atomic E-state index is -0.0514. The third-order valence-corrected chi connectivity index (χ3v) is 1.73. The Kier molecular flexibility index (Phi) is 6.66. The average Bonchev–Trinajstić information content (AvgIpc) is 2.14. The number of ketones is 1. The summed E-state index contributed by atoms with van der Waals surface area (Å²) in [5, 5.41) is 0.306. The first-order valence-electron chi connectivity index (χ1n) is 4.24. The van der Waals surface area contributed by atoms with E-state index in [1.165, 1.54) is 6.92 Å². The molecule has 3 nitrogen and oxygen atoms in total. The standard InChI is InChI=1S/C10H15NO2S/c1-4-6-11(7-5-2)10(14)13-8-9(3)12/h4-5H,1-2,6-8H2,3H3. The van der Waals surface area contributed by atoms with Crippen LogP contribution in [-0.2, 0) is 9.53 Å². The van der Waals surface area contributed by atoms with Crippen LogP contribution >= 0.6 is 12.2 Å². The van der Waals surface area contributed by atoms with Gasteiger partial charge in [-0.15, -0.1) is 13.2 Å². The lowest BCUT2D eigenvalue weighted by Crippen LogP contribution is -2.32. The number of ether oxygens (including phenoxy) is 1. The van der Waals surface area contributed by atoms with Gasteiger partial charge in [-0.05, 0) is 19.1 Å². The van der Waals surface area contributed by atoms with E-state index in [9.17, 15) is 4.79 Å². The topological polar surface area (TPSA) is 29.5 Å². The molecule has 4 heteroatoms. The Bertz CT molecular complexity index is 228. The van der Waals surface area contributed by atoms with Gasteiger partial charge in [0.2, 0.25) is 0 Å². The normalized spacial score (nSPS) is 8.93. The van der Waals surface area contributed by atoms with Crippen LogP contribution in [0.4, 0.5) is 0 Å². The number of carbonyl (C=O) groups is 1. The van der Waals surface area contributed by atoms with Crippen LogP contribution in [0.3, 0.4) is 0 Å². The molecule has 0 rings (SSSR count). The summed E-state index contributed by atoms with van der Waals surface area (Å²) >= 11 is 4.98. The van der Waals surface area contributed by atoms with Crippen molar-refractivity contribution in [3.63, 3.8) is 0 Å². The van der Waals surface area contributed by atoms with Crippen molar-refractivity contribution in [2.75, 3.05) is 19.7 Å². The predicted octanol–water partition coefficient (Wildman–Crippen LogP) is 1.55. The zero-order chi connectivity index (χ0) is 11.0. The Morgan fingerprint density at radius 2 is 1.93 bits per heavy atom. The molecule has 0 atom stereocenters. The van der Waals surface area contributed by atoms with Crippen LogP contribution in [0.2, 0.25) is 0 Å². The van der Waals surface area contributed by atoms with Gasteiger partial charge in [0.15, 0.2) is 5.78 Å². The average molecular weight is 213 g/mol. The van der Waals surface area contributed by atoms with Crippen molar-refractivity contribution < 1.29 is 9.53 Å². The lowest BCUT2D eigenvalue weighted by Gasteiger charge is -2.21. The Labute approximate surface area is 90.0 Å². The molecule has 0 saturated heterocycles. The van der Waals surface area contributed by atoms with E-state index in [4.69, 9.17) is 17.0 Å². The maximum absolute atomic E-state index is 10.6. The van der Waals surface area contributed by atoms with Gasteiger partial charge >= 0.3 is 0 Å². The fourth-order valence-electron chi connectivity index (χ4n) is 0.790. The summed E-state index contributed by atoms with van der Waals surface area (Å²) in [6, 6.07) is 0. The van der Waals surface area contributed by atoms with Gasteiger partial charge in [0.1, 0.15) is 6.61 Å². The quantitative estimate of drug-likeness (QED) is 0.494. The van der Waals surface area contributed by atoms with E-state index in [0.29, 0.717) is 18.3 Å². The fourth-order valence-corrected chi connectivity index (χ4v) is 0.998. The summed E-state index contributed by atoms with van der Waals surface area (Å²) in [6.45, 7) is 9.85. The van der Waals surface area contributed by atoms with E-state index in [1.807, 2.05) is 0 Å².